The van der Waals surface area contributed by atoms with Crippen LogP contribution in [0.4, 0.5) is 0 Å². The van der Waals surface area contributed by atoms with Crippen molar-refractivity contribution in [2.45, 2.75) is 18.4 Å². The normalized spacial score (nSPS) is 32.8. The van der Waals surface area contributed by atoms with Crippen molar-refractivity contribution in [3.8, 4) is 0 Å². The molecule has 0 saturated carbocycles. The minimum atomic E-state index is 0.539. The molecule has 4 aliphatic rings. The summed E-state index contributed by atoms with van der Waals surface area (Å²) in [6.45, 7) is 0. The summed E-state index contributed by atoms with van der Waals surface area (Å²) in [5.41, 5.74) is 4.62. The second-order valence-electron chi connectivity index (χ2n) is 5.99. The molecule has 0 fully saturated rings. The van der Waals surface area contributed by atoms with Crippen LogP contribution in [0.1, 0.15) is 35.2 Å². The molecule has 0 saturated heterocycles. The first kappa shape index (κ1) is 9.96. The molecule has 1 nitrogen and oxygen atoms in total. The van der Waals surface area contributed by atoms with Gasteiger partial charge in [0.15, 0.2) is 17.9 Å². The fourth-order valence-electron chi connectivity index (χ4n) is 4.59. The van der Waals surface area contributed by atoms with E-state index in [4.69, 9.17) is 0 Å². The van der Waals surface area contributed by atoms with E-state index in [1.807, 2.05) is 0 Å². The summed E-state index contributed by atoms with van der Waals surface area (Å²) < 4.78 is 2.53. The lowest BCUT2D eigenvalue weighted by atomic mass is 9.63. The lowest BCUT2D eigenvalue weighted by molar-refractivity contribution is -0.739. The van der Waals surface area contributed by atoms with Crippen LogP contribution < -0.4 is 4.57 Å². The maximum atomic E-state index is 2.53. The minimum absolute atomic E-state index is 0.539. The molecule has 2 aromatic rings. The number of rotatable bonds is 0. The molecule has 2 aliphatic carbocycles. The number of nitrogens with zero attached hydrogens (tertiary/aromatic N) is 1. The second-order valence-corrected chi connectivity index (χ2v) is 5.99. The third-order valence-electron chi connectivity index (χ3n) is 5.24. The van der Waals surface area contributed by atoms with Crippen LogP contribution in [-0.2, 0) is 0 Å². The zero-order chi connectivity index (χ0) is 12.4. The zero-order valence-corrected chi connectivity index (χ0v) is 10.7. The van der Waals surface area contributed by atoms with Crippen molar-refractivity contribution in [3.05, 3.63) is 77.6 Å². The highest BCUT2D eigenvalue weighted by atomic mass is 15.0. The van der Waals surface area contributed by atoms with Crippen LogP contribution >= 0.6 is 0 Å². The molecule has 0 radical (unpaired) electrons. The highest BCUT2D eigenvalue weighted by Crippen LogP contribution is 2.54. The van der Waals surface area contributed by atoms with Gasteiger partial charge in [-0.05, 0) is 12.0 Å². The zero-order valence-electron chi connectivity index (χ0n) is 10.7. The first-order chi connectivity index (χ1) is 9.45. The molecular weight excluding hydrogens is 230 g/mol. The van der Waals surface area contributed by atoms with Crippen LogP contribution in [0.5, 0.6) is 0 Å². The van der Waals surface area contributed by atoms with Gasteiger partial charge in [-0.15, -0.1) is 0 Å². The molecule has 6 rings (SSSR count). The summed E-state index contributed by atoms with van der Waals surface area (Å²) in [5.74, 6) is 2.04. The number of hydrogen-bond donors (Lipinski definition) is 0. The molecule has 1 heteroatoms. The third kappa shape index (κ3) is 1.10. The van der Waals surface area contributed by atoms with Crippen molar-refractivity contribution in [3.63, 3.8) is 0 Å². The van der Waals surface area contributed by atoms with Crippen molar-refractivity contribution in [2.24, 2.45) is 11.8 Å². The van der Waals surface area contributed by atoms with Gasteiger partial charge in [0, 0.05) is 29.5 Å². The van der Waals surface area contributed by atoms with Gasteiger partial charge >= 0.3 is 0 Å². The lowest BCUT2D eigenvalue weighted by Crippen LogP contribution is -2.57. The first-order valence-corrected chi connectivity index (χ1v) is 7.21. The van der Waals surface area contributed by atoms with Gasteiger partial charge in [0.2, 0.25) is 0 Å². The predicted molar refractivity (Wildman–Crippen MR) is 73.8 cm³/mol. The monoisotopic (exact) mass is 246 g/mol. The SMILES string of the molecule is C1=CC2C3c4ccccc4C(C2C1)[n+]1ccccc13. The Labute approximate surface area is 113 Å². The quantitative estimate of drug-likeness (QED) is 0.496. The van der Waals surface area contributed by atoms with Crippen LogP contribution in [0.25, 0.3) is 0 Å². The second kappa shape index (κ2) is 3.36. The van der Waals surface area contributed by atoms with E-state index in [2.05, 4.69) is 65.4 Å². The Morgan fingerprint density at radius 1 is 0.947 bits per heavy atom. The van der Waals surface area contributed by atoms with Crippen LogP contribution in [0, 0.1) is 11.8 Å². The van der Waals surface area contributed by atoms with E-state index >= 15 is 0 Å². The van der Waals surface area contributed by atoms with Gasteiger partial charge in [-0.2, -0.15) is 4.57 Å². The van der Waals surface area contributed by atoms with Crippen molar-refractivity contribution in [1.82, 2.24) is 0 Å². The highest BCUT2D eigenvalue weighted by molar-refractivity contribution is 5.44. The fraction of sp³-hybridized carbons (Fsp3) is 0.278. The number of benzene rings is 1. The average Bonchev–Trinajstić information content (AvgIpc) is 2.96. The molecule has 2 aliphatic heterocycles. The Bertz CT molecular complexity index is 653. The van der Waals surface area contributed by atoms with E-state index < -0.39 is 0 Å². The number of aromatic nitrogens is 1. The smallest absolute Gasteiger partial charge is 0.190 e. The van der Waals surface area contributed by atoms with Crippen LogP contribution in [0.15, 0.2) is 60.8 Å². The van der Waals surface area contributed by atoms with Gasteiger partial charge in [-0.3, -0.25) is 0 Å². The first-order valence-electron chi connectivity index (χ1n) is 7.21. The lowest BCUT2D eigenvalue weighted by Gasteiger charge is -2.42. The van der Waals surface area contributed by atoms with Crippen molar-refractivity contribution in [2.75, 3.05) is 0 Å². The molecule has 3 heterocycles. The molecule has 4 atom stereocenters. The molecule has 0 amide bonds. The number of hydrogen-bond acceptors (Lipinski definition) is 0. The fourth-order valence-corrected chi connectivity index (χ4v) is 4.59. The third-order valence-corrected chi connectivity index (χ3v) is 5.24. The van der Waals surface area contributed by atoms with Crippen molar-refractivity contribution < 1.29 is 4.57 Å². The van der Waals surface area contributed by atoms with Crippen LogP contribution in [0.2, 0.25) is 0 Å². The summed E-state index contributed by atoms with van der Waals surface area (Å²) in [6.07, 6.45) is 8.38. The molecule has 19 heavy (non-hydrogen) atoms. The maximum Gasteiger partial charge on any atom is 0.190 e. The molecule has 0 N–H and O–H groups in total. The van der Waals surface area contributed by atoms with E-state index in [0.29, 0.717) is 17.9 Å². The van der Waals surface area contributed by atoms with E-state index in [0.717, 1.165) is 5.92 Å². The summed E-state index contributed by atoms with van der Waals surface area (Å²) in [6, 6.07) is 16.3. The highest BCUT2D eigenvalue weighted by Gasteiger charge is 2.55. The van der Waals surface area contributed by atoms with Gasteiger partial charge in [0.05, 0.1) is 5.92 Å². The maximum absolute atomic E-state index is 2.53. The van der Waals surface area contributed by atoms with E-state index in [9.17, 15) is 0 Å². The van der Waals surface area contributed by atoms with Gasteiger partial charge in [0.25, 0.3) is 0 Å². The average molecular weight is 246 g/mol. The molecule has 2 bridgehead atoms. The molecule has 1 aromatic carbocycles. The van der Waals surface area contributed by atoms with Gasteiger partial charge in [-0.25, -0.2) is 0 Å². The Balaban J connectivity index is 1.87. The van der Waals surface area contributed by atoms with Crippen LogP contribution in [0.3, 0.4) is 0 Å². The summed E-state index contributed by atoms with van der Waals surface area (Å²) in [7, 11) is 0. The molecule has 92 valence electrons. The van der Waals surface area contributed by atoms with E-state index in [-0.39, 0.29) is 0 Å². The van der Waals surface area contributed by atoms with E-state index in [1.165, 1.54) is 12.1 Å². The largest absolute Gasteiger partial charge is 0.194 e. The number of pyridine rings is 1. The molecule has 1 aromatic heterocycles. The van der Waals surface area contributed by atoms with Crippen LogP contribution in [-0.4, -0.2) is 0 Å². The standard InChI is InChI=1S/C18H16N/c1-2-7-14-12(6-1)17-13-8-5-9-15(13)18(14)19-11-4-3-10-16(17)19/h1-8,10-11,13,15,17-18H,9H2/q+1. The van der Waals surface area contributed by atoms with E-state index in [1.54, 1.807) is 11.1 Å². The van der Waals surface area contributed by atoms with Gasteiger partial charge in [0.1, 0.15) is 0 Å². The molecular formula is C18H16N+. The summed E-state index contributed by atoms with van der Waals surface area (Å²) in [5, 5.41) is 0. The van der Waals surface area contributed by atoms with Crippen molar-refractivity contribution in [1.29, 1.82) is 0 Å². The molecule has 0 spiro atoms. The van der Waals surface area contributed by atoms with Gasteiger partial charge in [-0.1, -0.05) is 42.5 Å². The molecule has 4 unspecified atom stereocenters. The Morgan fingerprint density at radius 2 is 1.79 bits per heavy atom. The summed E-state index contributed by atoms with van der Waals surface area (Å²) in [4.78, 5) is 0. The Kier molecular flexibility index (Phi) is 1.76. The Morgan fingerprint density at radius 3 is 2.74 bits per heavy atom. The van der Waals surface area contributed by atoms with Gasteiger partial charge < -0.3 is 0 Å². The number of allylic oxidation sites excluding steroid dienone is 2. The summed E-state index contributed by atoms with van der Waals surface area (Å²) >= 11 is 0. The Hall–Kier alpha value is -1.89. The minimum Gasteiger partial charge on any atom is -0.194 e. The predicted octanol–water partition coefficient (Wildman–Crippen LogP) is 3.21. The topological polar surface area (TPSA) is 3.88 Å². The van der Waals surface area contributed by atoms with Crippen molar-refractivity contribution >= 4 is 0 Å².